The van der Waals surface area contributed by atoms with Gasteiger partial charge in [0, 0.05) is 0 Å². The van der Waals surface area contributed by atoms with Crippen molar-refractivity contribution < 1.29 is 19.1 Å². The van der Waals surface area contributed by atoms with Gasteiger partial charge in [-0.05, 0) is 6.92 Å². The van der Waals surface area contributed by atoms with Gasteiger partial charge in [0.05, 0.1) is 26.1 Å². The second-order valence-corrected chi connectivity index (χ2v) is 4.18. The highest BCUT2D eigenvalue weighted by Gasteiger charge is 2.17. The molecule has 1 heterocycles. The Hall–Kier alpha value is -2.09. The molecule has 110 valence electrons. The lowest BCUT2D eigenvalue weighted by molar-refractivity contribution is -0.142. The molecule has 0 spiro atoms. The highest BCUT2D eigenvalue weighted by Crippen LogP contribution is 2.16. The zero-order valence-corrected chi connectivity index (χ0v) is 11.9. The van der Waals surface area contributed by atoms with Crippen LogP contribution in [0.2, 0.25) is 5.02 Å². The standard InChI is InChI=1S/C11H14ClN3O5/c1-6(11(18)20-3)14-7-4-13-15(5-8(16)19-2)10(17)9(7)12/h4,6,14H,5H2,1-3H3. The predicted octanol–water partition coefficient (Wildman–Crippen LogP) is 0.0431. The average molecular weight is 304 g/mol. The van der Waals surface area contributed by atoms with E-state index in [2.05, 4.69) is 19.9 Å². The van der Waals surface area contributed by atoms with E-state index in [0.717, 1.165) is 4.68 Å². The fourth-order valence-electron chi connectivity index (χ4n) is 1.33. The van der Waals surface area contributed by atoms with Crippen molar-refractivity contribution in [3.8, 4) is 0 Å². The minimum absolute atomic E-state index is 0.177. The molecule has 1 aromatic heterocycles. The third-order valence-electron chi connectivity index (χ3n) is 2.42. The van der Waals surface area contributed by atoms with E-state index in [1.165, 1.54) is 20.4 Å². The van der Waals surface area contributed by atoms with Gasteiger partial charge in [-0.3, -0.25) is 9.59 Å². The molecule has 20 heavy (non-hydrogen) atoms. The Kier molecular flexibility index (Phi) is 5.51. The van der Waals surface area contributed by atoms with Crippen molar-refractivity contribution in [3.05, 3.63) is 21.6 Å². The minimum atomic E-state index is -0.699. The van der Waals surface area contributed by atoms with Crippen LogP contribution in [0.4, 0.5) is 5.69 Å². The summed E-state index contributed by atoms with van der Waals surface area (Å²) in [6.07, 6.45) is 1.24. The quantitative estimate of drug-likeness (QED) is 0.767. The Morgan fingerprint density at radius 3 is 2.65 bits per heavy atom. The Balaban J connectivity index is 2.97. The third-order valence-corrected chi connectivity index (χ3v) is 2.78. The summed E-state index contributed by atoms with van der Waals surface area (Å²) in [5, 5.41) is 6.29. The summed E-state index contributed by atoms with van der Waals surface area (Å²) in [4.78, 5) is 34.2. The highest BCUT2D eigenvalue weighted by atomic mass is 35.5. The van der Waals surface area contributed by atoms with Gasteiger partial charge >= 0.3 is 11.9 Å². The number of esters is 2. The van der Waals surface area contributed by atoms with Crippen LogP contribution in [0, 0.1) is 0 Å². The molecule has 0 fully saturated rings. The second-order valence-electron chi connectivity index (χ2n) is 3.80. The Labute approximate surface area is 119 Å². The normalized spacial score (nSPS) is 11.6. The third kappa shape index (κ3) is 3.70. The van der Waals surface area contributed by atoms with Gasteiger partial charge in [-0.1, -0.05) is 11.6 Å². The molecule has 1 aromatic rings. The zero-order chi connectivity index (χ0) is 15.3. The van der Waals surface area contributed by atoms with Crippen molar-refractivity contribution in [2.24, 2.45) is 0 Å². The van der Waals surface area contributed by atoms with Crippen LogP contribution < -0.4 is 10.9 Å². The molecule has 0 bridgehead atoms. The summed E-state index contributed by atoms with van der Waals surface area (Å²) in [7, 11) is 2.44. The molecule has 1 unspecified atom stereocenters. The zero-order valence-electron chi connectivity index (χ0n) is 11.2. The molecular weight excluding hydrogens is 290 g/mol. The van der Waals surface area contributed by atoms with Crippen molar-refractivity contribution in [2.75, 3.05) is 19.5 Å². The van der Waals surface area contributed by atoms with Crippen molar-refractivity contribution in [2.45, 2.75) is 19.5 Å². The maximum Gasteiger partial charge on any atom is 0.327 e. The Morgan fingerprint density at radius 2 is 2.10 bits per heavy atom. The molecule has 1 atom stereocenters. The first kappa shape index (κ1) is 16.0. The van der Waals surface area contributed by atoms with Crippen LogP contribution in [-0.4, -0.2) is 42.0 Å². The van der Waals surface area contributed by atoms with Gasteiger partial charge in [0.15, 0.2) is 0 Å². The van der Waals surface area contributed by atoms with Crippen molar-refractivity contribution in [1.82, 2.24) is 9.78 Å². The van der Waals surface area contributed by atoms with E-state index >= 15 is 0 Å². The molecule has 9 heteroatoms. The fraction of sp³-hybridized carbons (Fsp3) is 0.455. The van der Waals surface area contributed by atoms with Gasteiger partial charge in [-0.15, -0.1) is 0 Å². The average Bonchev–Trinajstić information content (AvgIpc) is 2.45. The lowest BCUT2D eigenvalue weighted by Crippen LogP contribution is -2.31. The number of halogens is 1. The predicted molar refractivity (Wildman–Crippen MR) is 70.6 cm³/mol. The lowest BCUT2D eigenvalue weighted by atomic mass is 10.3. The van der Waals surface area contributed by atoms with Crippen LogP contribution in [0.25, 0.3) is 0 Å². The summed E-state index contributed by atoms with van der Waals surface area (Å²) in [5.74, 6) is -1.14. The van der Waals surface area contributed by atoms with Crippen molar-refractivity contribution in [3.63, 3.8) is 0 Å². The number of anilines is 1. The maximum absolute atomic E-state index is 11.9. The first-order valence-corrected chi connectivity index (χ1v) is 5.95. The SMILES string of the molecule is COC(=O)Cn1ncc(NC(C)C(=O)OC)c(Cl)c1=O. The van der Waals surface area contributed by atoms with E-state index in [1.54, 1.807) is 6.92 Å². The van der Waals surface area contributed by atoms with E-state index < -0.39 is 23.5 Å². The van der Waals surface area contributed by atoms with E-state index in [0.29, 0.717) is 0 Å². The maximum atomic E-state index is 11.9. The molecule has 0 aliphatic carbocycles. The second kappa shape index (κ2) is 6.90. The minimum Gasteiger partial charge on any atom is -0.468 e. The van der Waals surface area contributed by atoms with Crippen LogP contribution in [0.15, 0.2) is 11.0 Å². The van der Waals surface area contributed by atoms with Crippen LogP contribution in [0.3, 0.4) is 0 Å². The first-order valence-electron chi connectivity index (χ1n) is 5.57. The number of rotatable bonds is 5. The number of hydrogen-bond acceptors (Lipinski definition) is 7. The van der Waals surface area contributed by atoms with Crippen molar-refractivity contribution >= 4 is 29.2 Å². The lowest BCUT2D eigenvalue weighted by Gasteiger charge is -2.14. The number of ether oxygens (including phenoxy) is 2. The van der Waals surface area contributed by atoms with Gasteiger partial charge in [-0.2, -0.15) is 5.10 Å². The summed E-state index contributed by atoms with van der Waals surface area (Å²) in [6, 6.07) is -0.699. The number of carbonyl (C=O) groups excluding carboxylic acids is 2. The summed E-state index contributed by atoms with van der Waals surface area (Å²) < 4.78 is 9.83. The number of hydrogen-bond donors (Lipinski definition) is 1. The van der Waals surface area contributed by atoms with Gasteiger partial charge in [0.1, 0.15) is 17.6 Å². The van der Waals surface area contributed by atoms with Crippen LogP contribution in [0.1, 0.15) is 6.92 Å². The van der Waals surface area contributed by atoms with Crippen LogP contribution >= 0.6 is 11.6 Å². The summed E-state index contributed by atoms with van der Waals surface area (Å²) >= 11 is 5.88. The molecule has 0 radical (unpaired) electrons. The van der Waals surface area contributed by atoms with Gasteiger partial charge in [-0.25, -0.2) is 9.48 Å². The molecule has 1 N–H and O–H groups in total. The number of nitrogens with one attached hydrogen (secondary N) is 1. The molecule has 0 aromatic carbocycles. The summed E-state index contributed by atoms with van der Waals surface area (Å²) in [5.41, 5.74) is -0.491. The van der Waals surface area contributed by atoms with E-state index in [1.807, 2.05) is 0 Å². The molecule has 0 saturated carbocycles. The van der Waals surface area contributed by atoms with Gasteiger partial charge in [0.2, 0.25) is 0 Å². The molecule has 0 amide bonds. The highest BCUT2D eigenvalue weighted by molar-refractivity contribution is 6.33. The van der Waals surface area contributed by atoms with E-state index in [4.69, 9.17) is 11.6 Å². The summed E-state index contributed by atoms with van der Waals surface area (Å²) in [6.45, 7) is 1.20. The smallest absolute Gasteiger partial charge is 0.327 e. The first-order chi connectivity index (χ1) is 9.40. The molecule has 0 aliphatic heterocycles. The van der Waals surface area contributed by atoms with Crippen LogP contribution in [0.5, 0.6) is 0 Å². The Morgan fingerprint density at radius 1 is 1.45 bits per heavy atom. The number of aromatic nitrogens is 2. The fourth-order valence-corrected chi connectivity index (χ4v) is 1.54. The largest absolute Gasteiger partial charge is 0.468 e. The van der Waals surface area contributed by atoms with Gasteiger partial charge < -0.3 is 14.8 Å². The molecule has 8 nitrogen and oxygen atoms in total. The monoisotopic (exact) mass is 303 g/mol. The topological polar surface area (TPSA) is 99.5 Å². The van der Waals surface area contributed by atoms with Crippen LogP contribution in [-0.2, 0) is 25.6 Å². The number of methoxy groups -OCH3 is 2. The van der Waals surface area contributed by atoms with E-state index in [9.17, 15) is 14.4 Å². The Bertz CT molecular complexity index is 572. The number of carbonyl (C=O) groups is 2. The van der Waals surface area contributed by atoms with E-state index in [-0.39, 0.29) is 17.3 Å². The van der Waals surface area contributed by atoms with Crippen molar-refractivity contribution in [1.29, 1.82) is 0 Å². The molecule has 0 saturated heterocycles. The molecule has 1 rings (SSSR count). The molecular formula is C11H14ClN3O5. The molecule has 0 aliphatic rings. The van der Waals surface area contributed by atoms with Gasteiger partial charge in [0.25, 0.3) is 5.56 Å². The number of nitrogens with zero attached hydrogens (tertiary/aromatic N) is 2.